The van der Waals surface area contributed by atoms with E-state index >= 15 is 0 Å². The molecule has 4 heteroatoms. The topological polar surface area (TPSA) is 68.0 Å². The van der Waals surface area contributed by atoms with Gasteiger partial charge in [0.1, 0.15) is 0 Å². The van der Waals surface area contributed by atoms with E-state index in [2.05, 4.69) is 17.2 Å². The molecular formula is C15H17N3O. The number of amides is 1. The molecule has 1 aromatic heterocycles. The number of benzene rings is 1. The summed E-state index contributed by atoms with van der Waals surface area (Å²) < 4.78 is 0. The first-order valence-corrected chi connectivity index (χ1v) is 6.22. The fraction of sp³-hybridized carbons (Fsp3) is 0.200. The van der Waals surface area contributed by atoms with Gasteiger partial charge in [-0.05, 0) is 23.6 Å². The highest BCUT2D eigenvalue weighted by Gasteiger charge is 2.12. The van der Waals surface area contributed by atoms with E-state index < -0.39 is 0 Å². The van der Waals surface area contributed by atoms with Gasteiger partial charge in [-0.1, -0.05) is 37.3 Å². The smallest absolute Gasteiger partial charge is 0.272 e. The summed E-state index contributed by atoms with van der Waals surface area (Å²) in [7, 11) is 0. The van der Waals surface area contributed by atoms with Crippen LogP contribution in [0.4, 0.5) is 5.69 Å². The third-order valence-electron chi connectivity index (χ3n) is 2.99. The van der Waals surface area contributed by atoms with Crippen molar-refractivity contribution < 1.29 is 4.79 Å². The Morgan fingerprint density at radius 1 is 1.26 bits per heavy atom. The molecule has 0 saturated heterocycles. The van der Waals surface area contributed by atoms with E-state index in [1.807, 2.05) is 30.3 Å². The molecule has 0 saturated carbocycles. The second-order valence-corrected chi connectivity index (χ2v) is 4.46. The molecule has 19 heavy (non-hydrogen) atoms. The Kier molecular flexibility index (Phi) is 4.13. The Morgan fingerprint density at radius 2 is 2.00 bits per heavy atom. The van der Waals surface area contributed by atoms with Crippen LogP contribution in [0.2, 0.25) is 0 Å². The van der Waals surface area contributed by atoms with E-state index in [-0.39, 0.29) is 17.5 Å². The van der Waals surface area contributed by atoms with Crippen LogP contribution in [0.1, 0.15) is 28.9 Å². The Morgan fingerprint density at radius 3 is 2.68 bits per heavy atom. The first-order valence-electron chi connectivity index (χ1n) is 6.22. The molecule has 1 unspecified atom stereocenters. The number of aromatic nitrogens is 1. The summed E-state index contributed by atoms with van der Waals surface area (Å²) in [6.07, 6.45) is 1.56. The summed E-state index contributed by atoms with van der Waals surface area (Å²) in [5, 5.41) is 2.86. The minimum Gasteiger partial charge on any atom is -0.397 e. The van der Waals surface area contributed by atoms with Gasteiger partial charge in [0.2, 0.25) is 0 Å². The van der Waals surface area contributed by atoms with Crippen LogP contribution in [0, 0.1) is 0 Å². The molecule has 2 rings (SSSR count). The van der Waals surface area contributed by atoms with Gasteiger partial charge in [0, 0.05) is 12.7 Å². The van der Waals surface area contributed by atoms with Gasteiger partial charge < -0.3 is 11.1 Å². The van der Waals surface area contributed by atoms with Gasteiger partial charge >= 0.3 is 0 Å². The van der Waals surface area contributed by atoms with E-state index in [0.717, 1.165) is 0 Å². The molecule has 98 valence electrons. The lowest BCUT2D eigenvalue weighted by Gasteiger charge is -2.13. The summed E-state index contributed by atoms with van der Waals surface area (Å²) in [5.41, 5.74) is 7.58. The van der Waals surface area contributed by atoms with Crippen molar-refractivity contribution in [1.82, 2.24) is 10.3 Å². The van der Waals surface area contributed by atoms with E-state index in [4.69, 9.17) is 5.73 Å². The number of nitrogens with two attached hydrogens (primary N) is 1. The number of hydrogen-bond donors (Lipinski definition) is 2. The predicted molar refractivity (Wildman–Crippen MR) is 75.8 cm³/mol. The molecule has 0 spiro atoms. The van der Waals surface area contributed by atoms with Crippen molar-refractivity contribution in [3.05, 3.63) is 59.9 Å². The summed E-state index contributed by atoms with van der Waals surface area (Å²) in [4.78, 5) is 15.9. The van der Waals surface area contributed by atoms with Gasteiger partial charge in [-0.15, -0.1) is 0 Å². The SMILES string of the molecule is CC(CNC(=O)c1ncccc1N)c1ccccc1. The Balaban J connectivity index is 1.96. The van der Waals surface area contributed by atoms with Gasteiger partial charge in [-0.25, -0.2) is 4.98 Å². The van der Waals surface area contributed by atoms with Crippen molar-refractivity contribution in [2.75, 3.05) is 12.3 Å². The van der Waals surface area contributed by atoms with Gasteiger partial charge in [0.15, 0.2) is 5.69 Å². The lowest BCUT2D eigenvalue weighted by molar-refractivity contribution is 0.0947. The molecule has 1 aromatic carbocycles. The number of nitrogens with zero attached hydrogens (tertiary/aromatic N) is 1. The maximum atomic E-state index is 11.9. The lowest BCUT2D eigenvalue weighted by atomic mass is 10.0. The molecule has 0 aliphatic rings. The zero-order valence-corrected chi connectivity index (χ0v) is 10.8. The van der Waals surface area contributed by atoms with Crippen molar-refractivity contribution in [2.24, 2.45) is 0 Å². The average molecular weight is 255 g/mol. The standard InChI is InChI=1S/C15H17N3O/c1-11(12-6-3-2-4-7-12)10-18-15(19)14-13(16)8-5-9-17-14/h2-9,11H,10,16H2,1H3,(H,18,19). The highest BCUT2D eigenvalue weighted by atomic mass is 16.1. The van der Waals surface area contributed by atoms with Crippen molar-refractivity contribution in [2.45, 2.75) is 12.8 Å². The maximum absolute atomic E-state index is 11.9. The highest BCUT2D eigenvalue weighted by Crippen LogP contribution is 2.13. The summed E-state index contributed by atoms with van der Waals surface area (Å²) in [6, 6.07) is 13.4. The Bertz CT molecular complexity index is 554. The Labute approximate surface area is 112 Å². The number of hydrogen-bond acceptors (Lipinski definition) is 3. The molecule has 1 heterocycles. The van der Waals surface area contributed by atoms with E-state index in [9.17, 15) is 4.79 Å². The molecule has 0 fully saturated rings. The second-order valence-electron chi connectivity index (χ2n) is 4.46. The maximum Gasteiger partial charge on any atom is 0.272 e. The molecular weight excluding hydrogens is 238 g/mol. The minimum absolute atomic E-state index is 0.235. The zero-order chi connectivity index (χ0) is 13.7. The molecule has 0 radical (unpaired) electrons. The van der Waals surface area contributed by atoms with Gasteiger partial charge in [0.25, 0.3) is 5.91 Å². The van der Waals surface area contributed by atoms with Crippen molar-refractivity contribution in [3.8, 4) is 0 Å². The van der Waals surface area contributed by atoms with Crippen LogP contribution >= 0.6 is 0 Å². The number of nitrogen functional groups attached to an aromatic ring is 1. The number of nitrogens with one attached hydrogen (secondary N) is 1. The summed E-state index contributed by atoms with van der Waals surface area (Å²) in [5.74, 6) is 0.0102. The number of anilines is 1. The van der Waals surface area contributed by atoms with Gasteiger partial charge in [-0.2, -0.15) is 0 Å². The lowest BCUT2D eigenvalue weighted by Crippen LogP contribution is -2.28. The van der Waals surface area contributed by atoms with E-state index in [0.29, 0.717) is 12.2 Å². The van der Waals surface area contributed by atoms with Crippen LogP contribution in [0.15, 0.2) is 48.7 Å². The average Bonchev–Trinajstić information content (AvgIpc) is 2.46. The van der Waals surface area contributed by atoms with Crippen LogP contribution in [0.3, 0.4) is 0 Å². The fourth-order valence-corrected chi connectivity index (χ4v) is 1.84. The fourth-order valence-electron chi connectivity index (χ4n) is 1.84. The van der Waals surface area contributed by atoms with Crippen LogP contribution < -0.4 is 11.1 Å². The summed E-state index contributed by atoms with van der Waals surface area (Å²) >= 11 is 0. The number of carbonyl (C=O) groups is 1. The first kappa shape index (κ1) is 13.1. The minimum atomic E-state index is -0.235. The molecule has 1 atom stereocenters. The second kappa shape index (κ2) is 6.00. The predicted octanol–water partition coefficient (Wildman–Crippen LogP) is 2.20. The number of rotatable bonds is 4. The zero-order valence-electron chi connectivity index (χ0n) is 10.8. The third kappa shape index (κ3) is 3.31. The number of pyridine rings is 1. The molecule has 1 amide bonds. The monoisotopic (exact) mass is 255 g/mol. The van der Waals surface area contributed by atoms with E-state index in [1.165, 1.54) is 5.56 Å². The quantitative estimate of drug-likeness (QED) is 0.880. The normalized spacial score (nSPS) is 11.8. The van der Waals surface area contributed by atoms with Crippen LogP contribution in [-0.4, -0.2) is 17.4 Å². The van der Waals surface area contributed by atoms with Crippen LogP contribution in [-0.2, 0) is 0 Å². The molecule has 3 N–H and O–H groups in total. The largest absolute Gasteiger partial charge is 0.397 e. The van der Waals surface area contributed by atoms with E-state index in [1.54, 1.807) is 18.3 Å². The Hall–Kier alpha value is -2.36. The first-order chi connectivity index (χ1) is 9.18. The molecule has 0 bridgehead atoms. The molecule has 0 aliphatic carbocycles. The van der Waals surface area contributed by atoms with Crippen LogP contribution in [0.25, 0.3) is 0 Å². The third-order valence-corrected chi connectivity index (χ3v) is 2.99. The van der Waals surface area contributed by atoms with Crippen LogP contribution in [0.5, 0.6) is 0 Å². The van der Waals surface area contributed by atoms with Crippen molar-refractivity contribution in [3.63, 3.8) is 0 Å². The van der Waals surface area contributed by atoms with Gasteiger partial charge in [-0.3, -0.25) is 4.79 Å². The molecule has 4 nitrogen and oxygen atoms in total. The number of carbonyl (C=O) groups excluding carboxylic acids is 1. The van der Waals surface area contributed by atoms with Crippen molar-refractivity contribution in [1.29, 1.82) is 0 Å². The van der Waals surface area contributed by atoms with Gasteiger partial charge in [0.05, 0.1) is 5.69 Å². The molecule has 0 aliphatic heterocycles. The summed E-state index contributed by atoms with van der Waals surface area (Å²) in [6.45, 7) is 2.62. The molecule has 2 aromatic rings. The highest BCUT2D eigenvalue weighted by molar-refractivity contribution is 5.96. The van der Waals surface area contributed by atoms with Crippen molar-refractivity contribution >= 4 is 11.6 Å².